The zero-order valence-corrected chi connectivity index (χ0v) is 20.3. The second-order valence-corrected chi connectivity index (χ2v) is 8.88. The van der Waals surface area contributed by atoms with Gasteiger partial charge in [-0.05, 0) is 55.2 Å². The molecule has 0 saturated heterocycles. The molecule has 0 bridgehead atoms. The number of ketones is 1. The quantitative estimate of drug-likeness (QED) is 0.172. The first kappa shape index (κ1) is 24.1. The van der Waals surface area contributed by atoms with Gasteiger partial charge in [0.25, 0.3) is 0 Å². The van der Waals surface area contributed by atoms with Gasteiger partial charge < -0.3 is 20.1 Å². The molecule has 9 nitrogen and oxygen atoms in total. The van der Waals surface area contributed by atoms with Gasteiger partial charge in [-0.15, -0.1) is 0 Å². The molecule has 5 aromatic rings. The summed E-state index contributed by atoms with van der Waals surface area (Å²) in [4.78, 5) is 32.3. The average molecular weight is 498 g/mol. The number of aromatic amines is 1. The number of pyridine rings is 2. The largest absolute Gasteiger partial charge is 0.495 e. The second-order valence-electron chi connectivity index (χ2n) is 8.88. The maximum absolute atomic E-state index is 14.1. The summed E-state index contributed by atoms with van der Waals surface area (Å²) in [6.45, 7) is 0. The normalized spacial score (nSPS) is 12.0. The van der Waals surface area contributed by atoms with Gasteiger partial charge in [-0.25, -0.2) is 4.52 Å². The van der Waals surface area contributed by atoms with E-state index in [4.69, 9.17) is 9.84 Å². The van der Waals surface area contributed by atoms with Crippen molar-refractivity contribution in [2.75, 3.05) is 12.4 Å². The number of hydrogen-bond donors (Lipinski definition) is 3. The predicted octanol–water partition coefficient (Wildman–Crippen LogP) is 5.05. The molecule has 3 N–H and O–H groups in total. The van der Waals surface area contributed by atoms with Crippen molar-refractivity contribution in [3.63, 3.8) is 0 Å². The minimum absolute atomic E-state index is 0.138. The van der Waals surface area contributed by atoms with E-state index in [0.717, 1.165) is 34.8 Å². The number of carbonyl (C=O) groups is 2. The van der Waals surface area contributed by atoms with Crippen LogP contribution < -0.4 is 10.1 Å². The number of fused-ring (bicyclic) bond motifs is 2. The van der Waals surface area contributed by atoms with E-state index in [-0.39, 0.29) is 12.2 Å². The second kappa shape index (κ2) is 10.5. The van der Waals surface area contributed by atoms with Gasteiger partial charge in [0, 0.05) is 41.3 Å². The molecule has 4 heterocycles. The van der Waals surface area contributed by atoms with Crippen LogP contribution >= 0.6 is 0 Å². The molecule has 1 aromatic carbocycles. The molecular weight excluding hydrogens is 470 g/mol. The Labute approximate surface area is 213 Å². The lowest BCUT2D eigenvalue weighted by Crippen LogP contribution is -2.22. The molecule has 37 heavy (non-hydrogen) atoms. The van der Waals surface area contributed by atoms with E-state index in [0.29, 0.717) is 29.1 Å². The topological polar surface area (TPSA) is 122 Å². The monoisotopic (exact) mass is 497 g/mol. The molecule has 5 rings (SSSR count). The van der Waals surface area contributed by atoms with Crippen LogP contribution in [0.1, 0.15) is 46.9 Å². The fourth-order valence-electron chi connectivity index (χ4n) is 4.44. The van der Waals surface area contributed by atoms with Gasteiger partial charge in [0.2, 0.25) is 0 Å². The first-order chi connectivity index (χ1) is 18.0. The Kier molecular flexibility index (Phi) is 6.85. The Morgan fingerprint density at radius 1 is 1.14 bits per heavy atom. The maximum atomic E-state index is 14.1. The highest BCUT2D eigenvalue weighted by Crippen LogP contribution is 2.29. The number of Topliss-reactive ketones (excluding diaryl/α,β-unsaturated/α-hetero) is 1. The minimum Gasteiger partial charge on any atom is -0.495 e. The van der Waals surface area contributed by atoms with Gasteiger partial charge in [0.05, 0.1) is 36.4 Å². The highest BCUT2D eigenvalue weighted by molar-refractivity contribution is 6.11. The van der Waals surface area contributed by atoms with E-state index in [2.05, 4.69) is 20.4 Å². The number of nitrogens with one attached hydrogen (secondary N) is 2. The Morgan fingerprint density at radius 3 is 2.84 bits per heavy atom. The summed E-state index contributed by atoms with van der Waals surface area (Å²) in [6.07, 6.45) is 9.09. The van der Waals surface area contributed by atoms with Crippen LogP contribution in [0.2, 0.25) is 0 Å². The summed E-state index contributed by atoms with van der Waals surface area (Å²) >= 11 is 0. The third-order valence-corrected chi connectivity index (χ3v) is 6.32. The molecule has 4 aromatic heterocycles. The van der Waals surface area contributed by atoms with E-state index in [9.17, 15) is 9.59 Å². The van der Waals surface area contributed by atoms with E-state index >= 15 is 0 Å². The van der Waals surface area contributed by atoms with Gasteiger partial charge in [-0.2, -0.15) is 5.10 Å². The van der Waals surface area contributed by atoms with E-state index in [1.807, 2.05) is 48.7 Å². The summed E-state index contributed by atoms with van der Waals surface area (Å²) in [6, 6.07) is 14.6. The van der Waals surface area contributed by atoms with Gasteiger partial charge in [-0.1, -0.05) is 12.1 Å². The molecule has 0 aliphatic heterocycles. The van der Waals surface area contributed by atoms with Gasteiger partial charge in [0.15, 0.2) is 5.78 Å². The van der Waals surface area contributed by atoms with Crippen molar-refractivity contribution < 1.29 is 19.4 Å². The Balaban J connectivity index is 1.49. The molecule has 0 aliphatic rings. The number of ether oxygens (including phenoxy) is 1. The third-order valence-electron chi connectivity index (χ3n) is 6.32. The molecule has 9 heteroatoms. The summed E-state index contributed by atoms with van der Waals surface area (Å²) < 4.78 is 7.04. The predicted molar refractivity (Wildman–Crippen MR) is 140 cm³/mol. The number of carboxylic acid groups (broad SMARTS) is 1. The van der Waals surface area contributed by atoms with Crippen molar-refractivity contribution in [3.8, 4) is 5.75 Å². The lowest BCUT2D eigenvalue weighted by molar-refractivity contribution is -0.137. The Bertz CT molecular complexity index is 1540. The van der Waals surface area contributed by atoms with Crippen molar-refractivity contribution in [1.82, 2.24) is 19.6 Å². The number of benzene rings is 1. The first-order valence-electron chi connectivity index (χ1n) is 12.1. The fraction of sp³-hybridized carbons (Fsp3) is 0.214. The Hall–Kier alpha value is -4.66. The highest BCUT2D eigenvalue weighted by atomic mass is 16.5. The summed E-state index contributed by atoms with van der Waals surface area (Å²) in [5.41, 5.74) is 4.55. The smallest absolute Gasteiger partial charge is 0.303 e. The molecule has 0 amide bonds. The van der Waals surface area contributed by atoms with Crippen molar-refractivity contribution in [3.05, 3.63) is 90.1 Å². The fourth-order valence-corrected chi connectivity index (χ4v) is 4.44. The number of anilines is 1. The number of aliphatic carboxylic acids is 1. The zero-order chi connectivity index (χ0) is 25.8. The number of carboxylic acids is 1. The minimum atomic E-state index is -0.786. The number of carbonyl (C=O) groups excluding carboxylic acids is 1. The van der Waals surface area contributed by atoms with Crippen molar-refractivity contribution in [2.24, 2.45) is 0 Å². The third kappa shape index (κ3) is 5.30. The molecule has 0 saturated carbocycles. The van der Waals surface area contributed by atoms with Crippen LogP contribution in [0.4, 0.5) is 5.69 Å². The number of H-pyrrole nitrogens is 1. The number of unbranched alkanes of at least 4 members (excludes halogenated alkanes) is 1. The Morgan fingerprint density at radius 2 is 2.03 bits per heavy atom. The van der Waals surface area contributed by atoms with Crippen LogP contribution in [-0.2, 0) is 11.2 Å². The molecule has 0 aliphatic carbocycles. The van der Waals surface area contributed by atoms with Crippen LogP contribution in [0.5, 0.6) is 5.75 Å². The summed E-state index contributed by atoms with van der Waals surface area (Å²) in [5.74, 6) is -0.350. The van der Waals surface area contributed by atoms with Gasteiger partial charge >= 0.3 is 5.97 Å². The molecule has 1 atom stereocenters. The number of nitrogens with zero attached hydrogens (tertiary/aromatic N) is 3. The number of rotatable bonds is 11. The number of methoxy groups -OCH3 is 1. The molecule has 188 valence electrons. The first-order valence-corrected chi connectivity index (χ1v) is 12.1. The lowest BCUT2D eigenvalue weighted by Gasteiger charge is -2.17. The SMILES string of the molecule is COc1cncc(NC(C(=O)c2c[nH]c3ccc(CCCCC(=O)O)cc23)c2cc3ccccn3n2)c1. The molecule has 1 unspecified atom stereocenters. The van der Waals surface area contributed by atoms with Crippen molar-refractivity contribution in [1.29, 1.82) is 0 Å². The van der Waals surface area contributed by atoms with Gasteiger partial charge in [-0.3, -0.25) is 14.6 Å². The zero-order valence-electron chi connectivity index (χ0n) is 20.3. The number of hydrogen-bond acceptors (Lipinski definition) is 6. The molecule has 0 radical (unpaired) electrons. The standard InChI is InChI=1S/C28H27N5O4/c1-37-21-13-19(15-29-16-21)31-27(25-14-20-7-4-5-11-33(20)32-25)28(36)23-17-30-24-10-9-18(12-22(23)24)6-2-3-8-26(34)35/h4-5,7,9-17,27,30-31H,2-3,6,8H2,1H3,(H,34,35). The van der Waals surface area contributed by atoms with Crippen LogP contribution in [0, 0.1) is 0 Å². The van der Waals surface area contributed by atoms with Crippen LogP contribution in [0.3, 0.4) is 0 Å². The van der Waals surface area contributed by atoms with Crippen LogP contribution in [-0.4, -0.2) is 43.6 Å². The lowest BCUT2D eigenvalue weighted by atomic mass is 9.98. The summed E-state index contributed by atoms with van der Waals surface area (Å²) in [5, 5.41) is 17.7. The van der Waals surface area contributed by atoms with E-state index < -0.39 is 12.0 Å². The highest BCUT2D eigenvalue weighted by Gasteiger charge is 2.27. The average Bonchev–Trinajstić information content (AvgIpc) is 3.53. The maximum Gasteiger partial charge on any atom is 0.303 e. The van der Waals surface area contributed by atoms with E-state index in [1.165, 1.54) is 0 Å². The van der Waals surface area contributed by atoms with Crippen molar-refractivity contribution in [2.45, 2.75) is 31.7 Å². The molecule has 0 fully saturated rings. The number of aryl methyl sites for hydroxylation is 1. The molecule has 0 spiro atoms. The molecular formula is C28H27N5O4. The van der Waals surface area contributed by atoms with Crippen molar-refractivity contribution >= 4 is 33.9 Å². The van der Waals surface area contributed by atoms with Gasteiger partial charge in [0.1, 0.15) is 11.8 Å². The van der Waals surface area contributed by atoms with E-state index in [1.54, 1.807) is 36.3 Å². The van der Waals surface area contributed by atoms with Crippen LogP contribution in [0.25, 0.3) is 16.4 Å². The number of aromatic nitrogens is 4. The van der Waals surface area contributed by atoms with Crippen LogP contribution in [0.15, 0.2) is 73.3 Å². The summed E-state index contributed by atoms with van der Waals surface area (Å²) in [7, 11) is 1.57.